The Labute approximate surface area is 121 Å². The number of nitrogens with one attached hydrogen (secondary N) is 1. The van der Waals surface area contributed by atoms with Crippen molar-refractivity contribution in [3.63, 3.8) is 0 Å². The van der Waals surface area contributed by atoms with Crippen molar-refractivity contribution in [2.24, 2.45) is 11.1 Å². The van der Waals surface area contributed by atoms with Crippen LogP contribution in [-0.2, 0) is 10.0 Å². The molecule has 0 unspecified atom stereocenters. The maximum Gasteiger partial charge on any atom is 0.251 e. The average Bonchev–Trinajstić information content (AvgIpc) is 2.27. The van der Waals surface area contributed by atoms with E-state index in [0.717, 1.165) is 0 Å². The quantitative estimate of drug-likeness (QED) is 0.869. The predicted molar refractivity (Wildman–Crippen MR) is 77.4 cm³/mol. The van der Waals surface area contributed by atoms with Crippen molar-refractivity contribution in [3.05, 3.63) is 27.7 Å². The summed E-state index contributed by atoms with van der Waals surface area (Å²) in [6.07, 6.45) is 0. The van der Waals surface area contributed by atoms with E-state index in [-0.39, 0.29) is 10.8 Å². The van der Waals surface area contributed by atoms with Gasteiger partial charge in [-0.1, -0.05) is 29.8 Å². The van der Waals surface area contributed by atoms with Gasteiger partial charge in [0.15, 0.2) is 0 Å². The number of benzene rings is 1. The zero-order chi connectivity index (χ0) is 14.8. The highest BCUT2D eigenvalue weighted by atomic mass is 79.9. The summed E-state index contributed by atoms with van der Waals surface area (Å²) in [4.78, 5) is 12.0. The van der Waals surface area contributed by atoms with Gasteiger partial charge in [-0.05, 0) is 30.5 Å². The van der Waals surface area contributed by atoms with Crippen LogP contribution >= 0.6 is 15.9 Å². The first-order valence-corrected chi connectivity index (χ1v) is 8.08. The number of nitrogens with two attached hydrogens (primary N) is 1. The molecule has 0 atom stereocenters. The molecule has 1 aromatic rings. The van der Waals surface area contributed by atoms with E-state index in [4.69, 9.17) is 5.14 Å². The first-order valence-electron chi connectivity index (χ1n) is 5.74. The van der Waals surface area contributed by atoms with Gasteiger partial charge in [-0.25, -0.2) is 13.6 Å². The minimum absolute atomic E-state index is 0.0836. The molecule has 0 spiro atoms. The molecule has 1 aromatic carbocycles. The van der Waals surface area contributed by atoms with Crippen LogP contribution in [0.2, 0.25) is 0 Å². The fourth-order valence-corrected chi connectivity index (χ4v) is 2.62. The number of hydrogen-bond acceptors (Lipinski definition) is 3. The summed E-state index contributed by atoms with van der Waals surface area (Å²) in [7, 11) is -3.84. The number of rotatable bonds is 4. The predicted octanol–water partition coefficient (Wildman–Crippen LogP) is 1.79. The molecule has 1 amide bonds. The third-order valence-electron chi connectivity index (χ3n) is 2.56. The highest BCUT2D eigenvalue weighted by Gasteiger charge is 2.17. The maximum absolute atomic E-state index is 12.0. The van der Waals surface area contributed by atoms with Crippen molar-refractivity contribution in [1.82, 2.24) is 5.32 Å². The van der Waals surface area contributed by atoms with E-state index in [1.807, 2.05) is 13.8 Å². The molecule has 0 radical (unpaired) electrons. The Morgan fingerprint density at radius 2 is 2.00 bits per heavy atom. The van der Waals surface area contributed by atoms with Gasteiger partial charge in [0.25, 0.3) is 5.91 Å². The minimum atomic E-state index is -3.84. The number of amides is 1. The Morgan fingerprint density at radius 1 is 1.42 bits per heavy atom. The molecule has 19 heavy (non-hydrogen) atoms. The van der Waals surface area contributed by atoms with Crippen LogP contribution in [0, 0.1) is 12.8 Å². The Hall–Kier alpha value is -0.920. The zero-order valence-corrected chi connectivity index (χ0v) is 13.4. The number of carbonyl (C=O) groups excluding carboxylic acids is 1. The van der Waals surface area contributed by atoms with E-state index in [0.29, 0.717) is 28.1 Å². The van der Waals surface area contributed by atoms with E-state index in [1.54, 1.807) is 6.92 Å². The molecule has 1 rings (SSSR count). The van der Waals surface area contributed by atoms with Crippen molar-refractivity contribution in [2.75, 3.05) is 6.54 Å². The summed E-state index contributed by atoms with van der Waals surface area (Å²) in [6, 6.07) is 2.69. The van der Waals surface area contributed by atoms with Crippen molar-refractivity contribution >= 4 is 31.9 Å². The second kappa shape index (κ2) is 6.02. The van der Waals surface area contributed by atoms with Crippen LogP contribution in [-0.4, -0.2) is 20.9 Å². The summed E-state index contributed by atoms with van der Waals surface area (Å²) < 4.78 is 23.3. The lowest BCUT2D eigenvalue weighted by atomic mass is 10.1. The molecule has 0 saturated heterocycles. The molecule has 0 heterocycles. The van der Waals surface area contributed by atoms with E-state index in [2.05, 4.69) is 21.2 Å². The standard InChI is InChI=1S/C12H17BrN2O3S/c1-7(2)6-15-12(16)10-4-9(19(14,17)18)5-11(13)8(10)3/h4-5,7H,6H2,1-3H3,(H,15,16)(H2,14,17,18). The Kier molecular flexibility index (Phi) is 5.11. The Morgan fingerprint density at radius 3 is 2.47 bits per heavy atom. The van der Waals surface area contributed by atoms with Crippen LogP contribution in [0.15, 0.2) is 21.5 Å². The first kappa shape index (κ1) is 16.1. The molecule has 0 aliphatic heterocycles. The molecule has 5 nitrogen and oxygen atoms in total. The molecule has 0 saturated carbocycles. The number of halogens is 1. The molecule has 0 bridgehead atoms. The zero-order valence-electron chi connectivity index (χ0n) is 11.0. The summed E-state index contributed by atoms with van der Waals surface area (Å²) >= 11 is 3.24. The van der Waals surface area contributed by atoms with Crippen LogP contribution in [0.4, 0.5) is 0 Å². The average molecular weight is 349 g/mol. The maximum atomic E-state index is 12.0. The third-order valence-corrected chi connectivity index (χ3v) is 4.28. The smallest absolute Gasteiger partial charge is 0.251 e. The van der Waals surface area contributed by atoms with Gasteiger partial charge in [0, 0.05) is 16.6 Å². The number of carbonyl (C=O) groups is 1. The van der Waals surface area contributed by atoms with Gasteiger partial charge in [-0.3, -0.25) is 4.79 Å². The molecule has 0 aliphatic rings. The lowest BCUT2D eigenvalue weighted by Gasteiger charge is -2.12. The van der Waals surface area contributed by atoms with Crippen molar-refractivity contribution in [2.45, 2.75) is 25.7 Å². The van der Waals surface area contributed by atoms with E-state index < -0.39 is 10.0 Å². The van der Waals surface area contributed by atoms with Crippen LogP contribution in [0.1, 0.15) is 29.8 Å². The topological polar surface area (TPSA) is 89.3 Å². The van der Waals surface area contributed by atoms with Gasteiger partial charge in [0.05, 0.1) is 4.90 Å². The number of primary sulfonamides is 1. The van der Waals surface area contributed by atoms with Gasteiger partial charge < -0.3 is 5.32 Å². The van der Waals surface area contributed by atoms with E-state index in [1.165, 1.54) is 12.1 Å². The van der Waals surface area contributed by atoms with Crippen molar-refractivity contribution in [3.8, 4) is 0 Å². The van der Waals surface area contributed by atoms with Crippen LogP contribution in [0.25, 0.3) is 0 Å². The highest BCUT2D eigenvalue weighted by Crippen LogP contribution is 2.24. The van der Waals surface area contributed by atoms with Crippen LogP contribution < -0.4 is 10.5 Å². The molecule has 0 aliphatic carbocycles. The second-order valence-electron chi connectivity index (χ2n) is 4.73. The fourth-order valence-electron chi connectivity index (χ4n) is 1.45. The third kappa shape index (κ3) is 4.29. The fraction of sp³-hybridized carbons (Fsp3) is 0.417. The van der Waals surface area contributed by atoms with Gasteiger partial charge in [-0.2, -0.15) is 0 Å². The minimum Gasteiger partial charge on any atom is -0.352 e. The molecule has 106 valence electrons. The number of hydrogen-bond donors (Lipinski definition) is 2. The number of sulfonamides is 1. The van der Waals surface area contributed by atoms with E-state index in [9.17, 15) is 13.2 Å². The van der Waals surface area contributed by atoms with Crippen LogP contribution in [0.3, 0.4) is 0 Å². The first-order chi connectivity index (χ1) is 8.62. The Bertz CT molecular complexity index is 597. The lowest BCUT2D eigenvalue weighted by molar-refractivity contribution is 0.0948. The van der Waals surface area contributed by atoms with Gasteiger partial charge in [-0.15, -0.1) is 0 Å². The SMILES string of the molecule is Cc1c(Br)cc(S(N)(=O)=O)cc1C(=O)NCC(C)C. The molecular formula is C12H17BrN2O3S. The summed E-state index contributed by atoms with van der Waals surface area (Å²) in [5.74, 6) is 0.00604. The van der Waals surface area contributed by atoms with Crippen molar-refractivity contribution in [1.29, 1.82) is 0 Å². The van der Waals surface area contributed by atoms with Crippen LogP contribution in [0.5, 0.6) is 0 Å². The van der Waals surface area contributed by atoms with Gasteiger partial charge in [0.1, 0.15) is 0 Å². The lowest BCUT2D eigenvalue weighted by Crippen LogP contribution is -2.28. The summed E-state index contributed by atoms with van der Waals surface area (Å²) in [5, 5.41) is 7.84. The molecule has 0 aromatic heterocycles. The van der Waals surface area contributed by atoms with Gasteiger partial charge in [0.2, 0.25) is 10.0 Å². The monoisotopic (exact) mass is 348 g/mol. The highest BCUT2D eigenvalue weighted by molar-refractivity contribution is 9.10. The second-order valence-corrected chi connectivity index (χ2v) is 7.14. The summed E-state index contributed by atoms with van der Waals surface area (Å²) in [6.45, 7) is 6.21. The van der Waals surface area contributed by atoms with Gasteiger partial charge >= 0.3 is 0 Å². The largest absolute Gasteiger partial charge is 0.352 e. The van der Waals surface area contributed by atoms with Crippen molar-refractivity contribution < 1.29 is 13.2 Å². The normalized spacial score (nSPS) is 11.7. The molecule has 3 N–H and O–H groups in total. The Balaban J connectivity index is 3.20. The molecule has 0 fully saturated rings. The molecule has 7 heteroatoms. The molecular weight excluding hydrogens is 332 g/mol. The summed E-state index contributed by atoms with van der Waals surface area (Å²) in [5.41, 5.74) is 0.979. The van der Waals surface area contributed by atoms with E-state index >= 15 is 0 Å².